The summed E-state index contributed by atoms with van der Waals surface area (Å²) in [7, 11) is 2.77. The summed E-state index contributed by atoms with van der Waals surface area (Å²) in [5.41, 5.74) is 1.65. The first-order chi connectivity index (χ1) is 16.5. The zero-order valence-electron chi connectivity index (χ0n) is 20.1. The van der Waals surface area contributed by atoms with Crippen LogP contribution in [-0.2, 0) is 6.18 Å². The lowest BCUT2D eigenvalue weighted by Gasteiger charge is -2.40. The fourth-order valence-electron chi connectivity index (χ4n) is 3.70. The van der Waals surface area contributed by atoms with Crippen molar-refractivity contribution in [1.82, 2.24) is 9.80 Å². The van der Waals surface area contributed by atoms with Gasteiger partial charge in [0.05, 0.1) is 28.5 Å². The van der Waals surface area contributed by atoms with Crippen molar-refractivity contribution >= 4 is 28.9 Å². The second-order valence-electron chi connectivity index (χ2n) is 7.75. The van der Waals surface area contributed by atoms with E-state index in [1.165, 1.54) is 29.2 Å². The fourth-order valence-corrected chi connectivity index (χ4v) is 3.88. The van der Waals surface area contributed by atoms with Crippen LogP contribution in [0.25, 0.3) is 0 Å². The maximum Gasteiger partial charge on any atom is 0.416 e. The van der Waals surface area contributed by atoms with E-state index in [1.54, 1.807) is 49.8 Å². The minimum absolute atomic E-state index is 0.0627. The minimum atomic E-state index is -4.58. The number of rotatable bonds is 5. The number of alkyl halides is 4. The van der Waals surface area contributed by atoms with Crippen molar-refractivity contribution in [3.8, 4) is 0 Å². The van der Waals surface area contributed by atoms with E-state index in [1.807, 2.05) is 0 Å². The molecule has 35 heavy (non-hydrogen) atoms. The van der Waals surface area contributed by atoms with Gasteiger partial charge in [-0.25, -0.2) is 4.39 Å². The molecule has 1 aliphatic rings. The Morgan fingerprint density at radius 3 is 2.37 bits per heavy atom. The van der Waals surface area contributed by atoms with Crippen LogP contribution >= 0.6 is 11.6 Å². The zero-order valence-corrected chi connectivity index (χ0v) is 20.9. The van der Waals surface area contributed by atoms with Gasteiger partial charge in [-0.2, -0.15) is 13.2 Å². The number of aryl methyl sites for hydroxylation is 1. The molecule has 1 amide bonds. The smallest absolute Gasteiger partial charge is 0.400 e. The van der Waals surface area contributed by atoms with Gasteiger partial charge in [-0.1, -0.05) is 6.08 Å². The molecule has 5 nitrogen and oxygen atoms in total. The molecule has 0 saturated heterocycles. The largest absolute Gasteiger partial charge is 0.416 e. The number of fused-ring (bicyclic) bond motifs is 1. The molecular weight excluding hydrogens is 486 g/mol. The number of nitrogens with zero attached hydrogens (tertiary/aromatic N) is 3. The average Bonchev–Trinajstić information content (AvgIpc) is 2.83. The second-order valence-corrected chi connectivity index (χ2v) is 7.99. The Morgan fingerprint density at radius 2 is 1.83 bits per heavy atom. The molecule has 2 aromatic rings. The van der Waals surface area contributed by atoms with Gasteiger partial charge in [0, 0.05) is 25.5 Å². The number of hydrogen-bond acceptors (Lipinski definition) is 4. The number of carbonyl (C=O) groups is 1. The zero-order chi connectivity index (χ0) is 26.5. The molecule has 0 aromatic heterocycles. The van der Waals surface area contributed by atoms with Gasteiger partial charge in [-0.15, -0.1) is 11.6 Å². The Morgan fingerprint density at radius 1 is 1.17 bits per heavy atom. The molecule has 1 heterocycles. The molecule has 0 spiro atoms. The lowest BCUT2D eigenvalue weighted by molar-refractivity contribution is -0.137. The molecule has 0 fully saturated rings. The van der Waals surface area contributed by atoms with E-state index in [0.717, 1.165) is 19.2 Å². The van der Waals surface area contributed by atoms with E-state index < -0.39 is 23.5 Å². The summed E-state index contributed by atoms with van der Waals surface area (Å²) in [6.45, 7) is 5.21. The third-order valence-corrected chi connectivity index (χ3v) is 5.92. The molecule has 0 radical (unpaired) electrons. The van der Waals surface area contributed by atoms with Gasteiger partial charge >= 0.3 is 6.18 Å². The van der Waals surface area contributed by atoms with Crippen molar-refractivity contribution in [2.24, 2.45) is 0 Å². The standard InChI is InChI=1S/C24H24ClF4N3O.CH4O/c1-5-6-21(16(3)30(4)13-25)32-14-31(20-10-8-18(26)11-15(20)2)22-12-17(24(27,28)29)7-9-19(22)23(32)33;1-2/h5-12H,13-14H2,1-4H3;2H,1H3/b6-5-,21-16+;. The summed E-state index contributed by atoms with van der Waals surface area (Å²) in [4.78, 5) is 18.3. The molecule has 0 saturated carbocycles. The Labute approximate surface area is 207 Å². The van der Waals surface area contributed by atoms with Crippen molar-refractivity contribution in [2.45, 2.75) is 26.9 Å². The fraction of sp³-hybridized carbons (Fsp3) is 0.320. The van der Waals surface area contributed by atoms with Crippen LogP contribution in [0.3, 0.4) is 0 Å². The summed E-state index contributed by atoms with van der Waals surface area (Å²) in [6.07, 6.45) is -1.06. The third-order valence-electron chi connectivity index (χ3n) is 5.56. The molecule has 190 valence electrons. The highest BCUT2D eigenvalue weighted by Crippen LogP contribution is 2.41. The Kier molecular flexibility index (Phi) is 9.34. The van der Waals surface area contributed by atoms with E-state index in [-0.39, 0.29) is 23.9 Å². The van der Waals surface area contributed by atoms with E-state index in [0.29, 0.717) is 22.6 Å². The maximum atomic E-state index is 13.8. The highest BCUT2D eigenvalue weighted by atomic mass is 35.5. The van der Waals surface area contributed by atoms with Gasteiger partial charge in [0.25, 0.3) is 5.91 Å². The van der Waals surface area contributed by atoms with E-state index >= 15 is 0 Å². The number of benzene rings is 2. The highest BCUT2D eigenvalue weighted by molar-refractivity contribution is 6.17. The molecule has 3 rings (SSSR count). The number of allylic oxidation sites excluding steroid dienone is 3. The van der Waals surface area contributed by atoms with Crippen LogP contribution in [0, 0.1) is 12.7 Å². The van der Waals surface area contributed by atoms with Crippen LogP contribution in [0.2, 0.25) is 0 Å². The van der Waals surface area contributed by atoms with Gasteiger partial charge in [0.15, 0.2) is 0 Å². The molecule has 0 aliphatic carbocycles. The summed E-state index contributed by atoms with van der Waals surface area (Å²) in [5, 5.41) is 7.00. The predicted molar refractivity (Wildman–Crippen MR) is 130 cm³/mol. The number of anilines is 2. The van der Waals surface area contributed by atoms with Gasteiger partial charge < -0.3 is 14.9 Å². The molecule has 0 bridgehead atoms. The Balaban J connectivity index is 0.00000210. The monoisotopic (exact) mass is 513 g/mol. The molecular formula is C25H28ClF4N3O2. The van der Waals surface area contributed by atoms with E-state index in [9.17, 15) is 22.4 Å². The lowest BCUT2D eigenvalue weighted by atomic mass is 10.0. The first-order valence-corrected chi connectivity index (χ1v) is 11.1. The minimum Gasteiger partial charge on any atom is -0.400 e. The molecule has 1 N–H and O–H groups in total. The first-order valence-electron chi connectivity index (χ1n) is 10.6. The summed E-state index contributed by atoms with van der Waals surface area (Å²) >= 11 is 5.98. The maximum absolute atomic E-state index is 13.8. The molecule has 0 unspecified atom stereocenters. The summed E-state index contributed by atoms with van der Waals surface area (Å²) in [6, 6.07) is 7.27. The van der Waals surface area contributed by atoms with Crippen LogP contribution in [0.4, 0.5) is 28.9 Å². The van der Waals surface area contributed by atoms with E-state index in [2.05, 4.69) is 0 Å². The molecule has 2 aromatic carbocycles. The van der Waals surface area contributed by atoms with Gasteiger partial charge in [0.1, 0.15) is 12.5 Å². The first kappa shape index (κ1) is 28.2. The van der Waals surface area contributed by atoms with Crippen LogP contribution in [-0.4, -0.2) is 47.6 Å². The van der Waals surface area contributed by atoms with E-state index in [4.69, 9.17) is 16.7 Å². The quantitative estimate of drug-likeness (QED) is 0.222. The Bertz CT molecular complexity index is 1130. The summed E-state index contributed by atoms with van der Waals surface area (Å²) in [5.74, 6) is -0.898. The Hall–Kier alpha value is -3.04. The average molecular weight is 514 g/mol. The topological polar surface area (TPSA) is 47.0 Å². The van der Waals surface area contributed by atoms with Crippen LogP contribution in [0.1, 0.15) is 35.3 Å². The van der Waals surface area contributed by atoms with Crippen LogP contribution < -0.4 is 4.90 Å². The molecule has 1 aliphatic heterocycles. The molecule has 0 atom stereocenters. The van der Waals surface area contributed by atoms with Crippen LogP contribution in [0.5, 0.6) is 0 Å². The molecule has 10 heteroatoms. The lowest BCUT2D eigenvalue weighted by Crippen LogP contribution is -2.45. The number of halogens is 5. The van der Waals surface area contributed by atoms with Gasteiger partial charge in [-0.05, 0) is 68.8 Å². The van der Waals surface area contributed by atoms with Crippen molar-refractivity contribution in [3.05, 3.63) is 82.5 Å². The van der Waals surface area contributed by atoms with Gasteiger partial charge in [0.2, 0.25) is 0 Å². The SMILES string of the molecule is C/C=C\C(=C(\C)N(C)CCl)N1CN(c2ccc(F)cc2C)c2cc(C(F)(F)F)ccc2C1=O.CO. The van der Waals surface area contributed by atoms with Crippen molar-refractivity contribution < 1.29 is 27.5 Å². The number of aliphatic hydroxyl groups is 1. The number of amides is 1. The number of carbonyl (C=O) groups excluding carboxylic acids is 1. The number of aliphatic hydroxyl groups excluding tert-OH is 1. The van der Waals surface area contributed by atoms with Gasteiger partial charge in [-0.3, -0.25) is 9.69 Å². The van der Waals surface area contributed by atoms with Crippen molar-refractivity contribution in [2.75, 3.05) is 31.7 Å². The van der Waals surface area contributed by atoms with Crippen LogP contribution in [0.15, 0.2) is 59.9 Å². The summed E-state index contributed by atoms with van der Waals surface area (Å²) < 4.78 is 54.1. The second kappa shape index (κ2) is 11.6. The predicted octanol–water partition coefficient (Wildman–Crippen LogP) is 6.25. The highest BCUT2D eigenvalue weighted by Gasteiger charge is 2.37. The number of hydrogen-bond donors (Lipinski definition) is 1. The van der Waals surface area contributed by atoms with Crippen molar-refractivity contribution in [3.63, 3.8) is 0 Å². The van der Waals surface area contributed by atoms with Crippen molar-refractivity contribution in [1.29, 1.82) is 0 Å². The normalized spacial score (nSPS) is 14.4. The third kappa shape index (κ3) is 5.97.